The Morgan fingerprint density at radius 1 is 1.14 bits per heavy atom. The SMILES string of the molecule is CCC=C(C)C(=CC(C)c1cc(C)sc1C)C(C)C=C(C)C. The zero-order valence-electron chi connectivity index (χ0n) is 15.6. The second-order valence-electron chi connectivity index (χ2n) is 6.61. The molecule has 0 spiro atoms. The van der Waals surface area contributed by atoms with E-state index in [1.807, 2.05) is 11.3 Å². The van der Waals surface area contributed by atoms with Crippen molar-refractivity contribution in [3.8, 4) is 0 Å². The van der Waals surface area contributed by atoms with E-state index in [1.54, 1.807) is 0 Å². The maximum Gasteiger partial charge on any atom is 0.00549 e. The molecule has 0 aliphatic rings. The Labute approximate surface area is 141 Å². The molecule has 0 radical (unpaired) electrons. The normalized spacial score (nSPS) is 15.6. The van der Waals surface area contributed by atoms with Gasteiger partial charge in [0.05, 0.1) is 0 Å². The minimum absolute atomic E-state index is 0.466. The third kappa shape index (κ3) is 5.28. The van der Waals surface area contributed by atoms with Crippen LogP contribution in [0.1, 0.15) is 69.2 Å². The van der Waals surface area contributed by atoms with Gasteiger partial charge in [-0.05, 0) is 64.2 Å². The summed E-state index contributed by atoms with van der Waals surface area (Å²) >= 11 is 1.91. The Morgan fingerprint density at radius 3 is 2.23 bits per heavy atom. The lowest BCUT2D eigenvalue weighted by molar-refractivity contribution is 0.828. The van der Waals surface area contributed by atoms with E-state index in [-0.39, 0.29) is 0 Å². The van der Waals surface area contributed by atoms with Crippen LogP contribution in [0.5, 0.6) is 0 Å². The van der Waals surface area contributed by atoms with Crippen LogP contribution in [0.15, 0.2) is 41.0 Å². The van der Waals surface area contributed by atoms with Crippen molar-refractivity contribution >= 4 is 11.3 Å². The Balaban J connectivity index is 3.22. The number of hydrogen-bond donors (Lipinski definition) is 0. The summed E-state index contributed by atoms with van der Waals surface area (Å²) in [6.45, 7) is 17.9. The molecule has 2 unspecified atom stereocenters. The first-order valence-electron chi connectivity index (χ1n) is 8.37. The summed E-state index contributed by atoms with van der Waals surface area (Å²) in [4.78, 5) is 2.86. The number of rotatable bonds is 6. The molecule has 122 valence electrons. The molecule has 1 rings (SSSR count). The summed E-state index contributed by atoms with van der Waals surface area (Å²) in [5.74, 6) is 0.934. The van der Waals surface area contributed by atoms with Gasteiger partial charge in [-0.15, -0.1) is 11.3 Å². The minimum atomic E-state index is 0.466. The van der Waals surface area contributed by atoms with Crippen molar-refractivity contribution in [1.29, 1.82) is 0 Å². The van der Waals surface area contributed by atoms with E-state index in [9.17, 15) is 0 Å². The molecule has 1 aromatic rings. The standard InChI is InChI=1S/C21H32S/c1-9-10-15(4)20(16(5)11-14(2)3)12-17(6)21-13-18(7)22-19(21)8/h10-13,16-17H,9H2,1-8H3. The van der Waals surface area contributed by atoms with Crippen LogP contribution in [0, 0.1) is 19.8 Å². The lowest BCUT2D eigenvalue weighted by atomic mass is 9.88. The highest BCUT2D eigenvalue weighted by Crippen LogP contribution is 2.32. The van der Waals surface area contributed by atoms with Crippen LogP contribution in [-0.4, -0.2) is 0 Å². The van der Waals surface area contributed by atoms with Gasteiger partial charge in [-0.1, -0.05) is 50.1 Å². The molecule has 1 heteroatoms. The van der Waals surface area contributed by atoms with Gasteiger partial charge in [0.1, 0.15) is 0 Å². The van der Waals surface area contributed by atoms with Gasteiger partial charge in [-0.25, -0.2) is 0 Å². The van der Waals surface area contributed by atoms with E-state index in [0.717, 1.165) is 6.42 Å². The summed E-state index contributed by atoms with van der Waals surface area (Å²) in [6.07, 6.45) is 8.28. The summed E-state index contributed by atoms with van der Waals surface area (Å²) in [7, 11) is 0. The average Bonchev–Trinajstić information content (AvgIpc) is 2.74. The van der Waals surface area contributed by atoms with Gasteiger partial charge in [0, 0.05) is 15.7 Å². The van der Waals surface area contributed by atoms with Crippen LogP contribution in [-0.2, 0) is 0 Å². The highest BCUT2D eigenvalue weighted by molar-refractivity contribution is 7.12. The maximum absolute atomic E-state index is 2.47. The van der Waals surface area contributed by atoms with Gasteiger partial charge in [0.25, 0.3) is 0 Å². The molecule has 0 nitrogen and oxygen atoms in total. The average molecular weight is 317 g/mol. The molecule has 0 saturated heterocycles. The van der Waals surface area contributed by atoms with E-state index >= 15 is 0 Å². The van der Waals surface area contributed by atoms with Crippen LogP contribution in [0.25, 0.3) is 0 Å². The fourth-order valence-corrected chi connectivity index (χ4v) is 4.15. The van der Waals surface area contributed by atoms with Crippen molar-refractivity contribution < 1.29 is 0 Å². The van der Waals surface area contributed by atoms with Gasteiger partial charge >= 0.3 is 0 Å². The van der Waals surface area contributed by atoms with Crippen molar-refractivity contribution in [2.24, 2.45) is 5.92 Å². The quantitative estimate of drug-likeness (QED) is 0.380. The van der Waals surface area contributed by atoms with Crippen LogP contribution in [0.3, 0.4) is 0 Å². The van der Waals surface area contributed by atoms with E-state index in [4.69, 9.17) is 0 Å². The zero-order valence-corrected chi connectivity index (χ0v) is 16.4. The molecule has 0 aromatic carbocycles. The monoisotopic (exact) mass is 316 g/mol. The molecule has 0 aliphatic heterocycles. The molecule has 1 heterocycles. The first kappa shape index (κ1) is 19.0. The van der Waals surface area contributed by atoms with Crippen LogP contribution in [0.4, 0.5) is 0 Å². The molecule has 0 amide bonds. The fourth-order valence-electron chi connectivity index (χ4n) is 3.12. The second kappa shape index (κ2) is 8.53. The molecule has 1 aromatic heterocycles. The Morgan fingerprint density at radius 2 is 1.77 bits per heavy atom. The Kier molecular flexibility index (Phi) is 7.35. The van der Waals surface area contributed by atoms with Crippen molar-refractivity contribution in [1.82, 2.24) is 0 Å². The smallest absolute Gasteiger partial charge is 0.00549 e. The molecular formula is C21H32S. The van der Waals surface area contributed by atoms with Gasteiger partial charge < -0.3 is 0 Å². The summed E-state index contributed by atoms with van der Waals surface area (Å²) in [5, 5.41) is 0. The van der Waals surface area contributed by atoms with Gasteiger partial charge in [0.15, 0.2) is 0 Å². The lowest BCUT2D eigenvalue weighted by Gasteiger charge is -2.17. The first-order valence-corrected chi connectivity index (χ1v) is 9.18. The Hall–Kier alpha value is -1.08. The van der Waals surface area contributed by atoms with Crippen molar-refractivity contribution in [2.45, 2.75) is 67.7 Å². The van der Waals surface area contributed by atoms with Gasteiger partial charge in [0.2, 0.25) is 0 Å². The van der Waals surface area contributed by atoms with Crippen molar-refractivity contribution in [3.63, 3.8) is 0 Å². The Bertz CT molecular complexity index is 577. The molecule has 0 aliphatic carbocycles. The number of allylic oxidation sites excluding steroid dienone is 6. The number of hydrogen-bond acceptors (Lipinski definition) is 1. The maximum atomic E-state index is 2.47. The molecule has 2 atom stereocenters. The van der Waals surface area contributed by atoms with Gasteiger partial charge in [-0.2, -0.15) is 0 Å². The largest absolute Gasteiger partial charge is 0.146 e. The molecular weight excluding hydrogens is 284 g/mol. The highest BCUT2D eigenvalue weighted by atomic mass is 32.1. The van der Waals surface area contributed by atoms with Crippen molar-refractivity contribution in [3.05, 3.63) is 56.3 Å². The third-order valence-corrected chi connectivity index (χ3v) is 5.02. The van der Waals surface area contributed by atoms with Crippen LogP contribution >= 0.6 is 11.3 Å². The van der Waals surface area contributed by atoms with Gasteiger partial charge in [-0.3, -0.25) is 0 Å². The molecule has 0 saturated carbocycles. The second-order valence-corrected chi connectivity index (χ2v) is 8.07. The molecule has 0 fully saturated rings. The predicted molar refractivity (Wildman–Crippen MR) is 103 cm³/mol. The van der Waals surface area contributed by atoms with E-state index < -0.39 is 0 Å². The minimum Gasteiger partial charge on any atom is -0.146 e. The molecule has 0 bridgehead atoms. The first-order chi connectivity index (χ1) is 10.3. The van der Waals surface area contributed by atoms with E-state index in [2.05, 4.69) is 79.7 Å². The summed E-state index contributed by atoms with van der Waals surface area (Å²) in [6, 6.07) is 2.35. The van der Waals surface area contributed by atoms with Crippen molar-refractivity contribution in [2.75, 3.05) is 0 Å². The third-order valence-electron chi connectivity index (χ3n) is 4.04. The summed E-state index contributed by atoms with van der Waals surface area (Å²) in [5.41, 5.74) is 5.76. The number of aryl methyl sites for hydroxylation is 2. The number of thiophene rings is 1. The highest BCUT2D eigenvalue weighted by Gasteiger charge is 2.14. The van der Waals surface area contributed by atoms with Crippen LogP contribution < -0.4 is 0 Å². The zero-order chi connectivity index (χ0) is 16.9. The lowest BCUT2D eigenvalue weighted by Crippen LogP contribution is -2.02. The fraction of sp³-hybridized carbons (Fsp3) is 0.524. The van der Waals surface area contributed by atoms with E-state index in [1.165, 1.54) is 32.0 Å². The molecule has 0 N–H and O–H groups in total. The predicted octanol–water partition coefficient (Wildman–Crippen LogP) is 7.35. The van der Waals surface area contributed by atoms with Crippen LogP contribution in [0.2, 0.25) is 0 Å². The molecule has 22 heavy (non-hydrogen) atoms. The summed E-state index contributed by atoms with van der Waals surface area (Å²) < 4.78 is 0. The topological polar surface area (TPSA) is 0 Å². The van der Waals surface area contributed by atoms with E-state index in [0.29, 0.717) is 11.8 Å².